The summed E-state index contributed by atoms with van der Waals surface area (Å²) < 4.78 is 11.5. The molecule has 0 spiro atoms. The Hall–Kier alpha value is -3.89. The van der Waals surface area contributed by atoms with Gasteiger partial charge in [-0.1, -0.05) is 44.2 Å². The van der Waals surface area contributed by atoms with Gasteiger partial charge in [-0.15, -0.1) is 11.6 Å². The van der Waals surface area contributed by atoms with Crippen molar-refractivity contribution in [1.29, 1.82) is 0 Å². The number of primary amides is 1. The zero-order valence-corrected chi connectivity index (χ0v) is 28.4. The molecule has 2 aromatic rings. The lowest BCUT2D eigenvalue weighted by atomic mass is 9.95. The highest BCUT2D eigenvalue weighted by Gasteiger charge is 2.19. The van der Waals surface area contributed by atoms with Gasteiger partial charge in [-0.25, -0.2) is 14.6 Å². The van der Waals surface area contributed by atoms with Gasteiger partial charge in [-0.2, -0.15) is 0 Å². The molecule has 0 aromatic carbocycles. The van der Waals surface area contributed by atoms with Crippen LogP contribution in [0.1, 0.15) is 58.5 Å². The van der Waals surface area contributed by atoms with Gasteiger partial charge in [-0.05, 0) is 62.1 Å². The van der Waals surface area contributed by atoms with E-state index in [0.717, 1.165) is 44.7 Å². The van der Waals surface area contributed by atoms with E-state index >= 15 is 0 Å². The molecule has 5 rings (SSSR count). The molecule has 0 radical (unpaired) electrons. The van der Waals surface area contributed by atoms with Gasteiger partial charge in [0, 0.05) is 64.2 Å². The molecule has 0 saturated carbocycles. The molecular weight excluding hydrogens is 592 g/mol. The van der Waals surface area contributed by atoms with E-state index in [-0.39, 0.29) is 23.7 Å². The number of piperazine rings is 1. The zero-order chi connectivity index (χ0) is 33.4. The van der Waals surface area contributed by atoms with Crippen molar-refractivity contribution < 1.29 is 19.1 Å². The maximum absolute atomic E-state index is 11.3. The second-order valence-electron chi connectivity index (χ2n) is 10.8. The number of nitrogens with one attached hydrogen (secondary N) is 1. The molecule has 0 bridgehead atoms. The van der Waals surface area contributed by atoms with Crippen molar-refractivity contribution in [2.75, 3.05) is 26.2 Å². The normalized spacial score (nSPS) is 16.7. The molecule has 11 heteroatoms. The summed E-state index contributed by atoms with van der Waals surface area (Å²) in [5.41, 5.74) is 11.9. The lowest BCUT2D eigenvalue weighted by Gasteiger charge is -2.27. The molecule has 3 heterocycles. The molecule has 10 nitrogen and oxygen atoms in total. The number of nitrogens with two attached hydrogens (primary N) is 1. The van der Waals surface area contributed by atoms with Gasteiger partial charge in [0.15, 0.2) is 0 Å². The topological polar surface area (TPSA) is 125 Å². The monoisotopic (exact) mass is 640 g/mol. The number of carbonyl (C=O) groups is 2. The van der Waals surface area contributed by atoms with Crippen LogP contribution < -0.4 is 11.1 Å². The summed E-state index contributed by atoms with van der Waals surface area (Å²) in [5.74, 6) is 0. The molecule has 1 unspecified atom stereocenters. The Morgan fingerprint density at radius 2 is 1.76 bits per heavy atom. The fourth-order valence-corrected chi connectivity index (χ4v) is 4.70. The summed E-state index contributed by atoms with van der Waals surface area (Å²) in [6, 6.07) is 4.13. The molecule has 1 aliphatic heterocycles. The van der Waals surface area contributed by atoms with Gasteiger partial charge in [0.25, 0.3) is 0 Å². The van der Waals surface area contributed by atoms with Crippen molar-refractivity contribution in [1.82, 2.24) is 24.8 Å². The van der Waals surface area contributed by atoms with Crippen LogP contribution in [0.15, 0.2) is 71.9 Å². The number of alkyl halides is 1. The number of halogens is 1. The van der Waals surface area contributed by atoms with Crippen LogP contribution in [0.3, 0.4) is 0 Å². The maximum atomic E-state index is 11.3. The Kier molecular flexibility index (Phi) is 16.2. The summed E-state index contributed by atoms with van der Waals surface area (Å²) in [5, 5.41) is 3.10. The van der Waals surface area contributed by atoms with Gasteiger partial charge < -0.3 is 30.0 Å². The van der Waals surface area contributed by atoms with Crippen LogP contribution in [0.25, 0.3) is 6.08 Å². The van der Waals surface area contributed by atoms with Crippen molar-refractivity contribution in [2.24, 2.45) is 12.8 Å². The Balaban J connectivity index is 0.000000281. The first kappa shape index (κ1) is 37.3. The van der Waals surface area contributed by atoms with Gasteiger partial charge in [0.05, 0.1) is 29.6 Å². The van der Waals surface area contributed by atoms with E-state index in [1.54, 1.807) is 18.7 Å². The lowest BCUT2D eigenvalue weighted by molar-refractivity contribution is 0.0732. The summed E-state index contributed by atoms with van der Waals surface area (Å²) >= 11 is 6.29. The van der Waals surface area contributed by atoms with Crippen molar-refractivity contribution in [2.45, 2.75) is 72.0 Å². The average molecular weight is 641 g/mol. The van der Waals surface area contributed by atoms with E-state index in [2.05, 4.69) is 54.6 Å². The largest absolute Gasteiger partial charge is 0.447 e. The fourth-order valence-electron chi connectivity index (χ4n) is 4.55. The number of amides is 2. The second kappa shape index (κ2) is 19.5. The van der Waals surface area contributed by atoms with Crippen molar-refractivity contribution in [3.05, 3.63) is 88.8 Å². The minimum absolute atomic E-state index is 0.0209. The highest BCUT2D eigenvalue weighted by atomic mass is 35.5. The molecule has 45 heavy (non-hydrogen) atoms. The van der Waals surface area contributed by atoms with Gasteiger partial charge >= 0.3 is 12.2 Å². The molecule has 1 fully saturated rings. The number of rotatable bonds is 4. The number of carbonyl (C=O) groups excluding carboxylic acids is 2. The highest BCUT2D eigenvalue weighted by Crippen LogP contribution is 2.32. The Morgan fingerprint density at radius 1 is 1.09 bits per heavy atom. The number of aryl methyl sites for hydroxylation is 1. The van der Waals surface area contributed by atoms with Gasteiger partial charge in [0.1, 0.15) is 0 Å². The van der Waals surface area contributed by atoms with E-state index < -0.39 is 6.09 Å². The minimum atomic E-state index is -0.713. The molecule has 3 aliphatic rings. The number of aromatic nitrogens is 3. The Bertz CT molecular complexity index is 1360. The third-order valence-corrected chi connectivity index (χ3v) is 6.88. The quantitative estimate of drug-likeness (QED) is 0.394. The van der Waals surface area contributed by atoms with E-state index in [1.807, 2.05) is 71.7 Å². The SMILES string of the molecule is CC.CC(C)OC(=O)N1CCNCC1.CC(C)OC(N)=O.Cn1cncc1CC1=Cc2cccnc2CC2=C1C=CC(Cl)C=C2. The Morgan fingerprint density at radius 3 is 2.33 bits per heavy atom. The summed E-state index contributed by atoms with van der Waals surface area (Å²) in [6.07, 6.45) is 16.9. The second-order valence-corrected chi connectivity index (χ2v) is 11.3. The number of pyridine rings is 1. The smallest absolute Gasteiger partial charge is 0.410 e. The van der Waals surface area contributed by atoms with E-state index in [9.17, 15) is 9.59 Å². The molecular formula is C34H49ClN6O4. The summed E-state index contributed by atoms with van der Waals surface area (Å²) in [7, 11) is 2.03. The van der Waals surface area contributed by atoms with Crippen LogP contribution >= 0.6 is 11.6 Å². The van der Waals surface area contributed by atoms with Crippen LogP contribution in [-0.2, 0) is 29.4 Å². The number of fused-ring (bicyclic) bond motifs is 1. The molecule has 1 atom stereocenters. The van der Waals surface area contributed by atoms with Crippen LogP contribution in [0.2, 0.25) is 0 Å². The molecule has 246 valence electrons. The number of hydrogen-bond acceptors (Lipinski definition) is 7. The molecule has 2 aromatic heterocycles. The first-order valence-corrected chi connectivity index (χ1v) is 15.9. The van der Waals surface area contributed by atoms with E-state index in [1.165, 1.54) is 28.0 Å². The first-order chi connectivity index (χ1) is 21.5. The predicted octanol–water partition coefficient (Wildman–Crippen LogP) is 5.98. The standard InChI is InChI=1S/C20H18ClN3.C8H16N2O2.C4H9NO2.C2H6/c1-24-13-22-12-18(24)10-16-9-15-3-2-8-23-20(15)11-14-4-5-17(21)6-7-19(14)16;1-7(2)12-8(11)10-5-3-9-4-6-10;1-3(2)7-4(5)6;1-2/h2-9,12-13,17H,10-11H2,1H3;7,9H,3-6H2,1-2H3;3H,1-2H3,(H2,5,6);1-2H3. The number of hydrogen-bond donors (Lipinski definition) is 2. The van der Waals surface area contributed by atoms with Gasteiger partial charge in [0.2, 0.25) is 0 Å². The first-order valence-electron chi connectivity index (χ1n) is 15.5. The van der Waals surface area contributed by atoms with Crippen LogP contribution in [-0.4, -0.2) is 75.4 Å². The zero-order valence-electron chi connectivity index (χ0n) is 27.6. The Labute approximate surface area is 273 Å². The van der Waals surface area contributed by atoms with E-state index in [4.69, 9.17) is 16.3 Å². The van der Waals surface area contributed by atoms with Crippen molar-refractivity contribution in [3.63, 3.8) is 0 Å². The summed E-state index contributed by atoms with van der Waals surface area (Å²) in [6.45, 7) is 14.5. The average Bonchev–Trinajstić information content (AvgIpc) is 3.22. The molecule has 2 aliphatic carbocycles. The van der Waals surface area contributed by atoms with Crippen LogP contribution in [0, 0.1) is 0 Å². The minimum Gasteiger partial charge on any atom is -0.447 e. The third kappa shape index (κ3) is 12.9. The highest BCUT2D eigenvalue weighted by molar-refractivity contribution is 6.23. The van der Waals surface area contributed by atoms with Crippen molar-refractivity contribution >= 4 is 29.9 Å². The molecule has 1 saturated heterocycles. The van der Waals surface area contributed by atoms with Crippen LogP contribution in [0.4, 0.5) is 9.59 Å². The van der Waals surface area contributed by atoms with Crippen LogP contribution in [0.5, 0.6) is 0 Å². The lowest BCUT2D eigenvalue weighted by Crippen LogP contribution is -2.47. The van der Waals surface area contributed by atoms with Gasteiger partial charge in [-0.3, -0.25) is 4.98 Å². The fraction of sp³-hybridized carbons (Fsp3) is 0.471. The van der Waals surface area contributed by atoms with Crippen molar-refractivity contribution in [3.8, 4) is 0 Å². The number of ether oxygens (including phenoxy) is 2. The number of nitrogens with zero attached hydrogens (tertiary/aromatic N) is 4. The number of imidazole rings is 1. The predicted molar refractivity (Wildman–Crippen MR) is 181 cm³/mol. The number of allylic oxidation sites excluding steroid dienone is 7. The maximum Gasteiger partial charge on any atom is 0.410 e. The molecule has 3 N–H and O–H groups in total. The third-order valence-electron chi connectivity index (χ3n) is 6.58. The summed E-state index contributed by atoms with van der Waals surface area (Å²) in [4.78, 5) is 31.7. The van der Waals surface area contributed by atoms with E-state index in [0.29, 0.717) is 0 Å². The molecule has 2 amide bonds.